The van der Waals surface area contributed by atoms with E-state index in [0.29, 0.717) is 11.7 Å². The minimum Gasteiger partial charge on any atom is -0.300 e. The van der Waals surface area contributed by atoms with Gasteiger partial charge in [-0.1, -0.05) is 6.92 Å². The van der Waals surface area contributed by atoms with Crippen molar-refractivity contribution in [2.45, 2.75) is 32.6 Å². The first kappa shape index (κ1) is 10.6. The number of allylic oxidation sites excluding steroid dienone is 1. The molecule has 0 radical (unpaired) electrons. The fourth-order valence-electron chi connectivity index (χ4n) is 2.21. The van der Waals surface area contributed by atoms with E-state index in [1.165, 1.54) is 15.7 Å². The summed E-state index contributed by atoms with van der Waals surface area (Å²) >= 11 is 3.99. The third kappa shape index (κ3) is 2.19. The summed E-state index contributed by atoms with van der Waals surface area (Å²) in [5.74, 6) is 3.56. The molecule has 2 rings (SSSR count). The summed E-state index contributed by atoms with van der Waals surface area (Å²) in [6.07, 6.45) is 3.87. The van der Waals surface area contributed by atoms with Gasteiger partial charge in [0.1, 0.15) is 5.78 Å². The van der Waals surface area contributed by atoms with Gasteiger partial charge in [-0.25, -0.2) is 0 Å². The molecule has 1 aliphatic heterocycles. The van der Waals surface area contributed by atoms with Gasteiger partial charge >= 0.3 is 0 Å². The zero-order valence-corrected chi connectivity index (χ0v) is 10.2. The van der Waals surface area contributed by atoms with Crippen LogP contribution in [0, 0.1) is 5.92 Å². The van der Waals surface area contributed by atoms with E-state index in [1.54, 1.807) is 5.57 Å². The zero-order valence-electron chi connectivity index (χ0n) is 8.54. The van der Waals surface area contributed by atoms with Crippen LogP contribution in [0.5, 0.6) is 0 Å². The van der Waals surface area contributed by atoms with Crippen LogP contribution in [0.3, 0.4) is 0 Å². The third-order valence-electron chi connectivity index (χ3n) is 2.93. The molecule has 3 heteroatoms. The van der Waals surface area contributed by atoms with Gasteiger partial charge in [-0.2, -0.15) is 0 Å². The molecule has 0 N–H and O–H groups in total. The Kier molecular flexibility index (Phi) is 3.61. The minimum absolute atomic E-state index is 0.467. The summed E-state index contributed by atoms with van der Waals surface area (Å²) in [7, 11) is 0. The van der Waals surface area contributed by atoms with Crippen LogP contribution >= 0.6 is 23.5 Å². The van der Waals surface area contributed by atoms with E-state index in [4.69, 9.17) is 0 Å². The molecule has 1 nitrogen and oxygen atoms in total. The molecule has 0 amide bonds. The van der Waals surface area contributed by atoms with Crippen molar-refractivity contribution < 1.29 is 4.79 Å². The Labute approximate surface area is 94.1 Å². The highest BCUT2D eigenvalue weighted by Gasteiger charge is 2.27. The number of thioether (sulfide) groups is 2. The molecule has 0 spiro atoms. The lowest BCUT2D eigenvalue weighted by molar-refractivity contribution is -0.117. The van der Waals surface area contributed by atoms with Crippen molar-refractivity contribution in [3.63, 3.8) is 0 Å². The van der Waals surface area contributed by atoms with Crippen LogP contribution in [0.25, 0.3) is 0 Å². The van der Waals surface area contributed by atoms with Crippen LogP contribution in [-0.2, 0) is 4.79 Å². The summed E-state index contributed by atoms with van der Waals surface area (Å²) in [5, 5.41) is 0. The summed E-state index contributed by atoms with van der Waals surface area (Å²) in [6, 6.07) is 0. The van der Waals surface area contributed by atoms with Gasteiger partial charge in [0.15, 0.2) is 0 Å². The van der Waals surface area contributed by atoms with E-state index in [1.807, 2.05) is 23.5 Å². The van der Waals surface area contributed by atoms with Crippen LogP contribution in [0.4, 0.5) is 0 Å². The van der Waals surface area contributed by atoms with Gasteiger partial charge in [0.2, 0.25) is 0 Å². The van der Waals surface area contributed by atoms with Gasteiger partial charge < -0.3 is 0 Å². The second-order valence-corrected chi connectivity index (χ2v) is 6.31. The maximum atomic E-state index is 11.3. The average Bonchev–Trinajstić information content (AvgIpc) is 2.79. The van der Waals surface area contributed by atoms with Crippen LogP contribution < -0.4 is 0 Å². The molecule has 0 bridgehead atoms. The predicted molar refractivity (Wildman–Crippen MR) is 64.6 cm³/mol. The highest BCUT2D eigenvalue weighted by molar-refractivity contribution is 8.25. The number of carbonyl (C=O) groups excluding carboxylic acids is 1. The van der Waals surface area contributed by atoms with Crippen LogP contribution in [-0.4, -0.2) is 17.3 Å². The summed E-state index contributed by atoms with van der Waals surface area (Å²) in [5.41, 5.74) is 1.57. The molecule has 1 aliphatic carbocycles. The van der Waals surface area contributed by atoms with E-state index < -0.39 is 0 Å². The highest BCUT2D eigenvalue weighted by Crippen LogP contribution is 2.44. The molecule has 1 saturated heterocycles. The largest absolute Gasteiger partial charge is 0.300 e. The Morgan fingerprint density at radius 2 is 2.14 bits per heavy atom. The van der Waals surface area contributed by atoms with E-state index in [9.17, 15) is 4.79 Å². The monoisotopic (exact) mass is 228 g/mol. The van der Waals surface area contributed by atoms with E-state index in [0.717, 1.165) is 25.7 Å². The summed E-state index contributed by atoms with van der Waals surface area (Å²) in [4.78, 5) is 11.3. The smallest absolute Gasteiger partial charge is 0.133 e. The quantitative estimate of drug-likeness (QED) is 0.720. The van der Waals surface area contributed by atoms with Gasteiger partial charge in [0, 0.05) is 28.6 Å². The van der Waals surface area contributed by atoms with Crippen LogP contribution in [0.15, 0.2) is 9.81 Å². The van der Waals surface area contributed by atoms with Crippen LogP contribution in [0.1, 0.15) is 32.6 Å². The van der Waals surface area contributed by atoms with Gasteiger partial charge in [0.05, 0.1) is 0 Å². The second kappa shape index (κ2) is 4.75. The van der Waals surface area contributed by atoms with E-state index in [-0.39, 0.29) is 0 Å². The number of hydrogen-bond acceptors (Lipinski definition) is 3. The molecule has 78 valence electrons. The first-order valence-corrected chi connectivity index (χ1v) is 7.28. The van der Waals surface area contributed by atoms with Gasteiger partial charge in [-0.15, -0.1) is 23.5 Å². The standard InChI is InChI=1S/C11H16OS2/c1-2-10(11-13-5-6-14-11)8-3-4-9(12)7-8/h8H,2-7H2,1H3. The molecule has 0 aromatic rings. The Morgan fingerprint density at radius 3 is 2.64 bits per heavy atom. The number of hydrogen-bond donors (Lipinski definition) is 0. The van der Waals surface area contributed by atoms with Gasteiger partial charge in [-0.3, -0.25) is 4.79 Å². The molecule has 1 saturated carbocycles. The molecule has 1 unspecified atom stereocenters. The maximum absolute atomic E-state index is 11.3. The van der Waals surface area contributed by atoms with Gasteiger partial charge in [0.25, 0.3) is 0 Å². The molecular formula is C11H16OS2. The molecule has 14 heavy (non-hydrogen) atoms. The molecule has 0 aromatic carbocycles. The normalized spacial score (nSPS) is 27.4. The zero-order chi connectivity index (χ0) is 9.97. The van der Waals surface area contributed by atoms with Crippen molar-refractivity contribution in [2.24, 2.45) is 5.92 Å². The SMILES string of the molecule is CCC(=C1SCCS1)C1CCC(=O)C1. The second-order valence-electron chi connectivity index (χ2n) is 3.84. The van der Waals surface area contributed by atoms with Gasteiger partial charge in [-0.05, 0) is 24.3 Å². The third-order valence-corrected chi connectivity index (χ3v) is 5.76. The van der Waals surface area contributed by atoms with Crippen molar-refractivity contribution in [1.82, 2.24) is 0 Å². The Balaban J connectivity index is 2.12. The number of ketones is 1. The fraction of sp³-hybridized carbons (Fsp3) is 0.727. The number of Topliss-reactive ketones (excluding diaryl/α,β-unsaturated/α-hetero) is 1. The first-order chi connectivity index (χ1) is 6.81. The Morgan fingerprint density at radius 1 is 1.43 bits per heavy atom. The van der Waals surface area contributed by atoms with Crippen molar-refractivity contribution in [3.8, 4) is 0 Å². The van der Waals surface area contributed by atoms with Crippen molar-refractivity contribution in [2.75, 3.05) is 11.5 Å². The number of carbonyl (C=O) groups is 1. The Bertz CT molecular complexity index is 262. The highest BCUT2D eigenvalue weighted by atomic mass is 32.2. The van der Waals surface area contributed by atoms with Crippen molar-refractivity contribution >= 4 is 29.3 Å². The van der Waals surface area contributed by atoms with E-state index in [2.05, 4.69) is 6.92 Å². The van der Waals surface area contributed by atoms with E-state index >= 15 is 0 Å². The average molecular weight is 228 g/mol. The molecule has 1 atom stereocenters. The summed E-state index contributed by atoms with van der Waals surface area (Å²) in [6.45, 7) is 2.23. The molecular weight excluding hydrogens is 212 g/mol. The Hall–Kier alpha value is 0.110. The summed E-state index contributed by atoms with van der Waals surface area (Å²) < 4.78 is 1.53. The molecule has 1 heterocycles. The van der Waals surface area contributed by atoms with Crippen LogP contribution in [0.2, 0.25) is 0 Å². The minimum atomic E-state index is 0.467. The lowest BCUT2D eigenvalue weighted by atomic mass is 9.97. The van der Waals surface area contributed by atoms with Crippen molar-refractivity contribution in [3.05, 3.63) is 9.81 Å². The molecule has 2 aliphatic rings. The fourth-order valence-corrected chi connectivity index (χ4v) is 5.07. The van der Waals surface area contributed by atoms with Crippen molar-refractivity contribution in [1.29, 1.82) is 0 Å². The molecule has 2 fully saturated rings. The lowest BCUT2D eigenvalue weighted by Crippen LogP contribution is -2.00. The topological polar surface area (TPSA) is 17.1 Å². The lowest BCUT2D eigenvalue weighted by Gasteiger charge is -2.14. The molecule has 0 aromatic heterocycles. The maximum Gasteiger partial charge on any atom is 0.133 e. The first-order valence-electron chi connectivity index (χ1n) is 5.31. The number of rotatable bonds is 2. The predicted octanol–water partition coefficient (Wildman–Crippen LogP) is 3.46.